The number of nitrogens with zero attached hydrogens (tertiary/aromatic N) is 1. The van der Waals surface area contributed by atoms with Gasteiger partial charge in [-0.15, -0.1) is 0 Å². The standard InChI is InChI=1S/C42H61N11O12S2/c1-5-21(4)32-40(63)47-24(12-13-30(43)55)36(59)52-33(34(44)57)41(64)50-28-19-67-66-18-27(38(61)48-26(37(60)51-32)16-22-8-10-23(54)11-9-22)46-31(56)17-45-35(58)25(15-20(2)3)49-39(62)29-7-6-14-53(29)42(28)65/h8-11,20-21,24-29,32-33,54H,5-7,12-19H2,1-4H3,(H2,43,55)(H2,44,57)(H,45,58)(H,46,56)(H,47,63)(H,48,61)(H,49,62)(H,50,64)(H,51,60)(H,52,59)/t21-,24-,25-,26-,27-,28-,29-,32-,33-/m0/s1. The van der Waals surface area contributed by atoms with Gasteiger partial charge >= 0.3 is 0 Å². The first kappa shape index (κ1) is 53.5. The van der Waals surface area contributed by atoms with E-state index in [1.165, 1.54) is 29.2 Å². The number of benzene rings is 1. The van der Waals surface area contributed by atoms with Gasteiger partial charge in [0.2, 0.25) is 59.1 Å². The number of amides is 11. The van der Waals surface area contributed by atoms with Crippen LogP contribution in [0.5, 0.6) is 5.75 Å². The van der Waals surface area contributed by atoms with Gasteiger partial charge in [-0.2, -0.15) is 0 Å². The second-order valence-corrected chi connectivity index (χ2v) is 19.6. The Kier molecular flexibility index (Phi) is 20.1. The van der Waals surface area contributed by atoms with Gasteiger partial charge in [0.25, 0.3) is 5.91 Å². The first-order valence-corrected chi connectivity index (χ1v) is 24.5. The minimum Gasteiger partial charge on any atom is -0.508 e. The number of carbonyl (C=O) groups excluding carboxylic acids is 11. The molecule has 3 aliphatic heterocycles. The van der Waals surface area contributed by atoms with Crippen LogP contribution in [0.25, 0.3) is 0 Å². The largest absolute Gasteiger partial charge is 0.508 e. The maximum absolute atomic E-state index is 14.4. The zero-order chi connectivity index (χ0) is 49.5. The van der Waals surface area contributed by atoms with Gasteiger partial charge in [-0.3, -0.25) is 52.7 Å². The topological polar surface area (TPSA) is 360 Å². The van der Waals surface area contributed by atoms with E-state index in [1.54, 1.807) is 13.8 Å². The Labute approximate surface area is 395 Å². The van der Waals surface area contributed by atoms with Crippen molar-refractivity contribution in [3.63, 3.8) is 0 Å². The smallest absolute Gasteiger partial charge is 0.253 e. The van der Waals surface area contributed by atoms with Crippen molar-refractivity contribution in [2.75, 3.05) is 24.6 Å². The molecule has 67 heavy (non-hydrogen) atoms. The Morgan fingerprint density at radius 2 is 1.36 bits per heavy atom. The summed E-state index contributed by atoms with van der Waals surface area (Å²) in [5.41, 5.74) is 11.5. The third kappa shape index (κ3) is 15.7. The molecule has 3 saturated heterocycles. The molecule has 23 nitrogen and oxygen atoms in total. The number of fused-ring (bicyclic) bond motifs is 6. The summed E-state index contributed by atoms with van der Waals surface area (Å²) in [7, 11) is 1.94. The van der Waals surface area contributed by atoms with E-state index in [4.69, 9.17) is 11.5 Å². The first-order valence-electron chi connectivity index (χ1n) is 22.0. The number of nitrogens with one attached hydrogen (secondary N) is 8. The third-order valence-electron chi connectivity index (χ3n) is 11.4. The average Bonchev–Trinajstić information content (AvgIpc) is 3.77. The highest BCUT2D eigenvalue weighted by Gasteiger charge is 2.41. The molecule has 3 aliphatic rings. The molecule has 3 heterocycles. The van der Waals surface area contributed by atoms with Gasteiger partial charge in [-0.05, 0) is 55.2 Å². The lowest BCUT2D eigenvalue weighted by Gasteiger charge is -2.31. The van der Waals surface area contributed by atoms with Crippen molar-refractivity contribution in [1.29, 1.82) is 0 Å². The quantitative estimate of drug-likeness (QED) is 0.0808. The summed E-state index contributed by atoms with van der Waals surface area (Å²) in [5, 5.41) is 30.2. The van der Waals surface area contributed by atoms with Crippen LogP contribution in [0.1, 0.15) is 71.8 Å². The second-order valence-electron chi connectivity index (χ2n) is 17.1. The molecule has 0 spiro atoms. The highest BCUT2D eigenvalue weighted by atomic mass is 33.1. The molecule has 4 rings (SSSR count). The van der Waals surface area contributed by atoms with Crippen LogP contribution in [0.3, 0.4) is 0 Å². The van der Waals surface area contributed by atoms with Crippen molar-refractivity contribution in [3.05, 3.63) is 29.8 Å². The number of rotatable bonds is 10. The molecule has 0 unspecified atom stereocenters. The molecule has 9 atom stereocenters. The Morgan fingerprint density at radius 1 is 0.731 bits per heavy atom. The SMILES string of the molecule is CC[C@H](C)[C@@H]1NC(=O)[C@H](Cc2ccc(O)cc2)NC(=O)[C@@H]2CSSC[C@H](NC(=O)[C@H](C(N)=O)NC(=O)[C@H](CCC(N)=O)NC1=O)C(=O)N1CCC[C@H]1C(=O)N[C@@H](CC(C)C)C(=O)NCC(=O)N2. The molecule has 1 aromatic carbocycles. The minimum atomic E-state index is -2.15. The maximum Gasteiger partial charge on any atom is 0.253 e. The number of hydrogen-bond acceptors (Lipinski definition) is 14. The summed E-state index contributed by atoms with van der Waals surface area (Å²) in [6, 6.07) is -6.03. The fraction of sp³-hybridized carbons (Fsp3) is 0.595. The third-order valence-corrected chi connectivity index (χ3v) is 13.8. The van der Waals surface area contributed by atoms with Gasteiger partial charge in [0.05, 0.1) is 6.54 Å². The van der Waals surface area contributed by atoms with Crippen LogP contribution in [0.4, 0.5) is 0 Å². The van der Waals surface area contributed by atoms with Crippen LogP contribution in [0.15, 0.2) is 24.3 Å². The van der Waals surface area contributed by atoms with E-state index in [0.29, 0.717) is 18.4 Å². The molecule has 0 saturated carbocycles. The number of nitrogens with two attached hydrogens (primary N) is 2. The monoisotopic (exact) mass is 975 g/mol. The number of phenols is 1. The van der Waals surface area contributed by atoms with Gasteiger partial charge in [-0.1, -0.05) is 67.8 Å². The molecule has 11 amide bonds. The highest BCUT2D eigenvalue weighted by Crippen LogP contribution is 2.26. The molecular formula is C42H61N11O12S2. The molecule has 0 aromatic heterocycles. The van der Waals surface area contributed by atoms with Crippen LogP contribution in [0, 0.1) is 11.8 Å². The Balaban J connectivity index is 1.86. The van der Waals surface area contributed by atoms with E-state index in [0.717, 1.165) is 21.6 Å². The minimum absolute atomic E-state index is 0.0660. The zero-order valence-electron chi connectivity index (χ0n) is 37.7. The van der Waals surface area contributed by atoms with Crippen molar-refractivity contribution < 1.29 is 57.8 Å². The van der Waals surface area contributed by atoms with Crippen molar-refractivity contribution in [2.24, 2.45) is 23.3 Å². The molecular weight excluding hydrogens is 915 g/mol. The maximum atomic E-state index is 14.4. The summed E-state index contributed by atoms with van der Waals surface area (Å²) >= 11 is 0. The van der Waals surface area contributed by atoms with Crippen molar-refractivity contribution in [1.82, 2.24) is 47.4 Å². The number of hydrogen-bond donors (Lipinski definition) is 11. The number of phenolic OH excluding ortho intramolecular Hbond substituents is 1. The lowest BCUT2D eigenvalue weighted by molar-refractivity contribution is -0.143. The predicted molar refractivity (Wildman–Crippen MR) is 245 cm³/mol. The van der Waals surface area contributed by atoms with Crippen molar-refractivity contribution in [3.8, 4) is 5.75 Å². The van der Waals surface area contributed by atoms with E-state index < -0.39 is 139 Å². The Hall–Kier alpha value is -6.11. The summed E-state index contributed by atoms with van der Waals surface area (Å²) in [6.07, 6.45) is -0.0694. The Morgan fingerprint density at radius 3 is 1.99 bits per heavy atom. The predicted octanol–water partition coefficient (Wildman–Crippen LogP) is -3.31. The highest BCUT2D eigenvalue weighted by molar-refractivity contribution is 8.76. The lowest BCUT2D eigenvalue weighted by atomic mass is 9.96. The molecule has 0 radical (unpaired) electrons. The zero-order valence-corrected chi connectivity index (χ0v) is 39.4. The number of aromatic hydroxyl groups is 1. The molecule has 1 aromatic rings. The van der Waals surface area contributed by atoms with Gasteiger partial charge in [0.1, 0.15) is 48.0 Å². The van der Waals surface area contributed by atoms with E-state index in [-0.39, 0.29) is 49.0 Å². The van der Waals surface area contributed by atoms with Gasteiger partial charge in [-0.25, -0.2) is 0 Å². The average molecular weight is 976 g/mol. The van der Waals surface area contributed by atoms with Crippen LogP contribution in [-0.2, 0) is 59.2 Å². The number of carbonyl (C=O) groups is 11. The van der Waals surface area contributed by atoms with Gasteiger partial charge < -0.3 is 64.0 Å². The molecule has 2 bridgehead atoms. The van der Waals surface area contributed by atoms with Gasteiger partial charge in [0.15, 0.2) is 6.04 Å². The first-order chi connectivity index (χ1) is 31.7. The molecule has 0 aliphatic carbocycles. The van der Waals surface area contributed by atoms with Crippen molar-refractivity contribution in [2.45, 2.75) is 121 Å². The summed E-state index contributed by atoms with van der Waals surface area (Å²) in [5.74, 6) is -11.6. The molecule has 25 heteroatoms. The fourth-order valence-electron chi connectivity index (χ4n) is 7.49. The van der Waals surface area contributed by atoms with Crippen molar-refractivity contribution >= 4 is 86.6 Å². The summed E-state index contributed by atoms with van der Waals surface area (Å²) in [6.45, 7) is 6.42. The molecule has 3 fully saturated rings. The second kappa shape index (κ2) is 25.1. The molecule has 13 N–H and O–H groups in total. The lowest BCUT2D eigenvalue weighted by Crippen LogP contribution is -2.63. The van der Waals surface area contributed by atoms with Gasteiger partial charge in [0, 0.05) is 30.9 Å². The summed E-state index contributed by atoms with van der Waals surface area (Å²) < 4.78 is 0. The van der Waals surface area contributed by atoms with Crippen LogP contribution >= 0.6 is 21.6 Å². The summed E-state index contributed by atoms with van der Waals surface area (Å²) in [4.78, 5) is 152. The van der Waals surface area contributed by atoms with E-state index in [9.17, 15) is 57.8 Å². The van der Waals surface area contributed by atoms with Crippen LogP contribution in [-0.4, -0.2) is 148 Å². The fourth-order valence-corrected chi connectivity index (χ4v) is 9.80. The normalized spacial score (nSPS) is 27.3. The van der Waals surface area contributed by atoms with Crippen LogP contribution < -0.4 is 54.0 Å². The van der Waals surface area contributed by atoms with E-state index >= 15 is 0 Å². The van der Waals surface area contributed by atoms with E-state index in [2.05, 4.69) is 42.5 Å². The van der Waals surface area contributed by atoms with Crippen LogP contribution in [0.2, 0.25) is 0 Å². The van der Waals surface area contributed by atoms with E-state index in [1.807, 2.05) is 13.8 Å². The molecule has 368 valence electrons. The Bertz CT molecular complexity index is 2040. The number of primary amides is 2.